The molecular formula is C38H52NO5-. The van der Waals surface area contributed by atoms with Crippen molar-refractivity contribution in [2.24, 2.45) is 56.7 Å². The Morgan fingerprint density at radius 2 is 1.75 bits per heavy atom. The average molecular weight is 603 g/mol. The van der Waals surface area contributed by atoms with Crippen molar-refractivity contribution < 1.29 is 19.5 Å². The van der Waals surface area contributed by atoms with Crippen LogP contribution in [-0.2, 0) is 14.3 Å². The first-order valence-corrected chi connectivity index (χ1v) is 16.8. The van der Waals surface area contributed by atoms with Gasteiger partial charge in [-0.05, 0) is 140 Å². The second-order valence-electron chi connectivity index (χ2n) is 16.6. The van der Waals surface area contributed by atoms with Crippen LogP contribution < -0.4 is 5.23 Å². The molecule has 240 valence electrons. The summed E-state index contributed by atoms with van der Waals surface area (Å²) in [5, 5.41) is 20.9. The highest BCUT2D eigenvalue weighted by molar-refractivity contribution is 6.04. The second-order valence-corrected chi connectivity index (χ2v) is 16.6. The number of carbonyl (C=O) groups excluding carboxylic acids is 2. The van der Waals surface area contributed by atoms with E-state index in [0.29, 0.717) is 17.8 Å². The van der Waals surface area contributed by atoms with Crippen molar-refractivity contribution in [3.8, 4) is 0 Å². The first-order chi connectivity index (χ1) is 20.6. The molecule has 6 rings (SSSR count). The number of ether oxygens (including phenoxy) is 1. The van der Waals surface area contributed by atoms with Gasteiger partial charge in [-0.25, -0.2) is 0 Å². The number of anilines is 1. The third kappa shape index (κ3) is 4.11. The Kier molecular flexibility index (Phi) is 7.37. The maximum Gasteiger partial charge on any atom is 0.312 e. The third-order valence-electron chi connectivity index (χ3n) is 14.7. The molecule has 44 heavy (non-hydrogen) atoms. The number of rotatable bonds is 4. The minimum Gasteiger partial charge on any atom is -0.733 e. The van der Waals surface area contributed by atoms with Crippen LogP contribution in [0.15, 0.2) is 42.0 Å². The van der Waals surface area contributed by atoms with Crippen LogP contribution in [0.3, 0.4) is 0 Å². The van der Waals surface area contributed by atoms with E-state index in [0.717, 1.165) is 68.9 Å². The monoisotopic (exact) mass is 602 g/mol. The summed E-state index contributed by atoms with van der Waals surface area (Å²) in [5.41, 5.74) is 2.13. The first kappa shape index (κ1) is 31.5. The third-order valence-corrected chi connectivity index (χ3v) is 14.7. The Balaban J connectivity index is 1.41. The summed E-state index contributed by atoms with van der Waals surface area (Å²) in [4.78, 5) is 27.7. The zero-order chi connectivity index (χ0) is 32.0. The Morgan fingerprint density at radius 3 is 2.41 bits per heavy atom. The van der Waals surface area contributed by atoms with Gasteiger partial charge < -0.3 is 15.2 Å². The molecule has 9 atom stereocenters. The van der Waals surface area contributed by atoms with Crippen molar-refractivity contribution in [1.29, 1.82) is 0 Å². The van der Waals surface area contributed by atoms with Crippen molar-refractivity contribution in [2.45, 2.75) is 99.3 Å². The lowest BCUT2D eigenvalue weighted by Crippen LogP contribution is -2.67. The molecule has 0 radical (unpaired) electrons. The fourth-order valence-corrected chi connectivity index (χ4v) is 12.6. The maximum absolute atomic E-state index is 14.1. The van der Waals surface area contributed by atoms with E-state index < -0.39 is 10.8 Å². The van der Waals surface area contributed by atoms with Gasteiger partial charge in [-0.15, -0.1) is 0 Å². The number of Topliss-reactive ketones (excluding diaryl/α,β-unsaturated/α-hetero) is 1. The Labute approximate surface area is 263 Å². The number of methoxy groups -OCH3 is 1. The van der Waals surface area contributed by atoms with E-state index in [4.69, 9.17) is 4.74 Å². The smallest absolute Gasteiger partial charge is 0.312 e. The molecule has 1 aromatic rings. The Morgan fingerprint density at radius 1 is 1.02 bits per heavy atom. The first-order valence-electron chi connectivity index (χ1n) is 16.8. The van der Waals surface area contributed by atoms with E-state index in [9.17, 15) is 20.0 Å². The largest absolute Gasteiger partial charge is 0.733 e. The lowest BCUT2D eigenvalue weighted by Gasteiger charge is -2.72. The number of nitrogens with zero attached hydrogens (tertiary/aromatic N) is 1. The zero-order valence-electron chi connectivity index (χ0n) is 27.9. The summed E-state index contributed by atoms with van der Waals surface area (Å²) >= 11 is 0. The highest BCUT2D eigenvalue weighted by Crippen LogP contribution is 2.77. The number of ketones is 1. The fourth-order valence-electron chi connectivity index (χ4n) is 12.6. The molecule has 0 aliphatic heterocycles. The van der Waals surface area contributed by atoms with E-state index in [2.05, 4.69) is 48.1 Å². The van der Waals surface area contributed by atoms with Crippen molar-refractivity contribution >= 4 is 23.5 Å². The van der Waals surface area contributed by atoms with Crippen molar-refractivity contribution in [3.05, 3.63) is 52.8 Å². The van der Waals surface area contributed by atoms with Crippen LogP contribution in [0.25, 0.3) is 6.08 Å². The lowest BCUT2D eigenvalue weighted by molar-refractivity contribution is -0.232. The normalized spacial score (nSPS) is 43.3. The molecule has 6 heteroatoms. The molecule has 0 spiro atoms. The number of hydrogen-bond acceptors (Lipinski definition) is 6. The van der Waals surface area contributed by atoms with Gasteiger partial charge in [0.1, 0.15) is 0 Å². The summed E-state index contributed by atoms with van der Waals surface area (Å²) < 4.78 is 5.53. The van der Waals surface area contributed by atoms with E-state index in [1.165, 1.54) is 5.57 Å². The molecule has 0 saturated heterocycles. The number of benzene rings is 1. The van der Waals surface area contributed by atoms with E-state index in [-0.39, 0.29) is 50.7 Å². The molecule has 0 aromatic heterocycles. The van der Waals surface area contributed by atoms with Gasteiger partial charge in [0.15, 0.2) is 5.78 Å². The van der Waals surface area contributed by atoms with Gasteiger partial charge in [0.2, 0.25) is 0 Å². The quantitative estimate of drug-likeness (QED) is 0.160. The van der Waals surface area contributed by atoms with Gasteiger partial charge in [-0.1, -0.05) is 58.9 Å². The molecule has 6 nitrogen and oxygen atoms in total. The lowest BCUT2D eigenvalue weighted by atomic mass is 9.32. The summed E-state index contributed by atoms with van der Waals surface area (Å²) in [5.74, 6) is 1.98. The fraction of sp³-hybridized carbons (Fsp3) is 0.684. The maximum atomic E-state index is 14.1. The van der Waals surface area contributed by atoms with Gasteiger partial charge in [-0.2, -0.15) is 0 Å². The number of esters is 1. The van der Waals surface area contributed by atoms with Gasteiger partial charge >= 0.3 is 5.97 Å². The predicted octanol–water partition coefficient (Wildman–Crippen LogP) is 8.77. The molecule has 5 fully saturated rings. The standard InChI is InChI=1S/C38H52NO5/c1-23(2)27-14-17-38(33(41)44-8)19-18-36(6)28(31(27)38)12-13-30-35(5)22-25(20-24-10-9-11-26(21-24)39(42)43)32(40)34(3,4)29(35)15-16-37(30,36)7/h9-11,20-21,27-31,42H,1,12-19,22H2,2-8H3/q-1/t27-,28+,29+,30+,31+,35+,36-,37-,38-/m1/s1. The molecule has 5 saturated carbocycles. The van der Waals surface area contributed by atoms with Gasteiger partial charge in [0.25, 0.3) is 0 Å². The second kappa shape index (κ2) is 10.3. The molecule has 0 unspecified atom stereocenters. The molecule has 0 heterocycles. The summed E-state index contributed by atoms with van der Waals surface area (Å²) in [6, 6.07) is 6.83. The van der Waals surface area contributed by atoms with Crippen LogP contribution in [-0.4, -0.2) is 24.1 Å². The van der Waals surface area contributed by atoms with Crippen molar-refractivity contribution in [1.82, 2.24) is 0 Å². The van der Waals surface area contributed by atoms with Gasteiger partial charge in [-0.3, -0.25) is 14.8 Å². The Hall–Kier alpha value is -2.44. The highest BCUT2D eigenvalue weighted by Gasteiger charge is 2.72. The van der Waals surface area contributed by atoms with Gasteiger partial charge in [0, 0.05) is 5.41 Å². The Bertz CT molecular complexity index is 1410. The summed E-state index contributed by atoms with van der Waals surface area (Å²) in [7, 11) is 1.56. The number of fused-ring (bicyclic) bond motifs is 7. The van der Waals surface area contributed by atoms with Gasteiger partial charge in [0.05, 0.1) is 18.2 Å². The minimum absolute atomic E-state index is 0.0102. The van der Waals surface area contributed by atoms with Crippen LogP contribution in [0.4, 0.5) is 5.69 Å². The van der Waals surface area contributed by atoms with Crippen LogP contribution in [0, 0.1) is 61.9 Å². The van der Waals surface area contributed by atoms with Crippen molar-refractivity contribution in [2.75, 3.05) is 12.3 Å². The molecule has 1 N–H and O–H groups in total. The SMILES string of the molecule is C=C(C)[C@H]1CC[C@@]2(C(=O)OC)CC[C@]3(C)[C@@H](CC[C@H]4[C@@]5(C)CC(=Cc6cccc(N([O-])O)c6)C(=O)C(C)(C)[C@@H]5CC[C@]43C)[C@H]12. The number of allylic oxidation sites excluding steroid dienone is 2. The molecule has 0 bridgehead atoms. The van der Waals surface area contributed by atoms with Crippen molar-refractivity contribution in [3.63, 3.8) is 0 Å². The average Bonchev–Trinajstić information content (AvgIpc) is 3.37. The predicted molar refractivity (Wildman–Crippen MR) is 173 cm³/mol. The molecule has 0 amide bonds. The highest BCUT2D eigenvalue weighted by atomic mass is 16.8. The summed E-state index contributed by atoms with van der Waals surface area (Å²) in [6.07, 6.45) is 10.8. The van der Waals surface area contributed by atoms with E-state index in [1.807, 2.05) is 12.1 Å². The van der Waals surface area contributed by atoms with Crippen LogP contribution in [0.5, 0.6) is 0 Å². The van der Waals surface area contributed by atoms with Crippen LogP contribution in [0.1, 0.15) is 105 Å². The number of carbonyl (C=O) groups is 2. The summed E-state index contributed by atoms with van der Waals surface area (Å²) in [6.45, 7) is 18.4. The van der Waals surface area contributed by atoms with E-state index in [1.54, 1.807) is 25.3 Å². The molecule has 1 aromatic carbocycles. The zero-order valence-corrected chi connectivity index (χ0v) is 27.9. The molecule has 5 aliphatic rings. The van der Waals surface area contributed by atoms with E-state index >= 15 is 0 Å². The number of hydrogen-bond donors (Lipinski definition) is 1. The van der Waals surface area contributed by atoms with Crippen LogP contribution >= 0.6 is 0 Å². The molecular weight excluding hydrogens is 550 g/mol. The minimum atomic E-state index is -0.500. The van der Waals surface area contributed by atoms with Crippen LogP contribution in [0.2, 0.25) is 0 Å². The topological polar surface area (TPSA) is 89.9 Å². The molecule has 5 aliphatic carbocycles.